The van der Waals surface area contributed by atoms with Crippen molar-refractivity contribution in [1.82, 2.24) is 20.7 Å². The van der Waals surface area contributed by atoms with Gasteiger partial charge in [0.1, 0.15) is 0 Å². The van der Waals surface area contributed by atoms with Crippen LogP contribution >= 0.6 is 11.3 Å². The molecule has 0 saturated heterocycles. The first-order valence-electron chi connectivity index (χ1n) is 4.94. The van der Waals surface area contributed by atoms with E-state index in [1.54, 1.807) is 11.3 Å². The zero-order chi connectivity index (χ0) is 11.4. The van der Waals surface area contributed by atoms with E-state index in [-0.39, 0.29) is 11.9 Å². The van der Waals surface area contributed by atoms with E-state index in [2.05, 4.69) is 26.8 Å². The molecule has 84 valence electrons. The molecule has 0 aliphatic heterocycles. The van der Waals surface area contributed by atoms with Crippen molar-refractivity contribution >= 4 is 17.2 Å². The van der Waals surface area contributed by atoms with Crippen LogP contribution in [-0.2, 0) is 6.42 Å². The van der Waals surface area contributed by atoms with Gasteiger partial charge in [-0.05, 0) is 18.4 Å². The number of carbonyl (C=O) groups excluding carboxylic acids is 1. The summed E-state index contributed by atoms with van der Waals surface area (Å²) in [7, 11) is 0. The van der Waals surface area contributed by atoms with E-state index < -0.39 is 0 Å². The van der Waals surface area contributed by atoms with Crippen LogP contribution in [0.3, 0.4) is 0 Å². The summed E-state index contributed by atoms with van der Waals surface area (Å²) in [6.45, 7) is 1.97. The highest BCUT2D eigenvalue weighted by molar-refractivity contribution is 7.09. The number of nitrogens with one attached hydrogen (secondary N) is 2. The Labute approximate surface area is 96.9 Å². The fourth-order valence-electron chi connectivity index (χ4n) is 1.39. The van der Waals surface area contributed by atoms with Crippen LogP contribution in [0.15, 0.2) is 23.7 Å². The number of aromatic amines is 1. The van der Waals surface area contributed by atoms with E-state index in [9.17, 15) is 4.79 Å². The van der Waals surface area contributed by atoms with Crippen molar-refractivity contribution in [2.24, 2.45) is 0 Å². The van der Waals surface area contributed by atoms with Gasteiger partial charge in [0.2, 0.25) is 0 Å². The lowest BCUT2D eigenvalue weighted by Gasteiger charge is -2.11. The summed E-state index contributed by atoms with van der Waals surface area (Å²) in [5.74, 6) is -0.196. The van der Waals surface area contributed by atoms with Crippen LogP contribution in [-0.4, -0.2) is 27.4 Å². The molecule has 1 atom stereocenters. The van der Waals surface area contributed by atoms with E-state index in [0.717, 1.165) is 6.42 Å². The minimum Gasteiger partial charge on any atom is -0.348 e. The van der Waals surface area contributed by atoms with E-state index in [4.69, 9.17) is 0 Å². The van der Waals surface area contributed by atoms with Crippen LogP contribution in [0.4, 0.5) is 0 Å². The van der Waals surface area contributed by atoms with Gasteiger partial charge in [0, 0.05) is 17.3 Å². The summed E-state index contributed by atoms with van der Waals surface area (Å²) in [4.78, 5) is 12.9. The number of rotatable bonds is 4. The van der Waals surface area contributed by atoms with Gasteiger partial charge in [0.05, 0.1) is 6.20 Å². The molecule has 6 heteroatoms. The van der Waals surface area contributed by atoms with Crippen LogP contribution in [0.25, 0.3) is 0 Å². The molecule has 5 nitrogen and oxygen atoms in total. The number of thiophene rings is 1. The summed E-state index contributed by atoms with van der Waals surface area (Å²) >= 11 is 1.69. The highest BCUT2D eigenvalue weighted by Crippen LogP contribution is 2.11. The van der Waals surface area contributed by atoms with Gasteiger partial charge in [0.15, 0.2) is 5.69 Å². The lowest BCUT2D eigenvalue weighted by atomic mass is 10.2. The maximum absolute atomic E-state index is 11.6. The molecule has 2 heterocycles. The third-order valence-corrected chi connectivity index (χ3v) is 3.01. The van der Waals surface area contributed by atoms with Crippen molar-refractivity contribution in [2.75, 3.05) is 0 Å². The number of H-pyrrole nitrogens is 1. The zero-order valence-electron chi connectivity index (χ0n) is 8.80. The minimum atomic E-state index is -0.196. The molecule has 1 amide bonds. The average molecular weight is 236 g/mol. The van der Waals surface area contributed by atoms with Crippen molar-refractivity contribution in [2.45, 2.75) is 19.4 Å². The molecule has 0 radical (unpaired) electrons. The summed E-state index contributed by atoms with van der Waals surface area (Å²) in [5.41, 5.74) is 0.318. The third-order valence-electron chi connectivity index (χ3n) is 2.11. The maximum Gasteiger partial charge on any atom is 0.273 e. The standard InChI is InChI=1S/C10H12N4OS/c1-7(5-8-3-2-4-16-8)12-10(15)9-6-11-14-13-9/h2-4,6-7H,5H2,1H3,(H,12,15)(H,11,13,14). The second-order valence-corrected chi connectivity index (χ2v) is 4.55. The molecule has 2 aromatic heterocycles. The molecular formula is C10H12N4OS. The normalized spacial score (nSPS) is 12.3. The number of hydrogen-bond donors (Lipinski definition) is 2. The Morgan fingerprint density at radius 3 is 3.19 bits per heavy atom. The number of hydrogen-bond acceptors (Lipinski definition) is 4. The second kappa shape index (κ2) is 4.89. The van der Waals surface area contributed by atoms with Crippen molar-refractivity contribution in [3.8, 4) is 0 Å². The van der Waals surface area contributed by atoms with Gasteiger partial charge < -0.3 is 5.32 Å². The van der Waals surface area contributed by atoms with Gasteiger partial charge >= 0.3 is 0 Å². The van der Waals surface area contributed by atoms with Gasteiger partial charge in [-0.3, -0.25) is 4.79 Å². The van der Waals surface area contributed by atoms with Gasteiger partial charge in [-0.2, -0.15) is 15.4 Å². The maximum atomic E-state index is 11.6. The highest BCUT2D eigenvalue weighted by atomic mass is 32.1. The second-order valence-electron chi connectivity index (χ2n) is 3.51. The van der Waals surface area contributed by atoms with Crippen molar-refractivity contribution in [1.29, 1.82) is 0 Å². The van der Waals surface area contributed by atoms with Crippen LogP contribution in [0.2, 0.25) is 0 Å². The third kappa shape index (κ3) is 2.66. The molecule has 0 bridgehead atoms. The summed E-state index contributed by atoms with van der Waals surface area (Å²) in [5, 5.41) is 14.6. The Hall–Kier alpha value is -1.69. The zero-order valence-corrected chi connectivity index (χ0v) is 9.62. The van der Waals surface area contributed by atoms with Crippen molar-refractivity contribution < 1.29 is 4.79 Å². The molecule has 0 aliphatic rings. The summed E-state index contributed by atoms with van der Waals surface area (Å²) < 4.78 is 0. The fraction of sp³-hybridized carbons (Fsp3) is 0.300. The minimum absolute atomic E-state index is 0.0860. The predicted molar refractivity (Wildman–Crippen MR) is 61.3 cm³/mol. The molecule has 0 spiro atoms. The molecule has 0 saturated carbocycles. The Morgan fingerprint density at radius 2 is 2.56 bits per heavy atom. The van der Waals surface area contributed by atoms with Gasteiger partial charge in [-0.25, -0.2) is 0 Å². The largest absolute Gasteiger partial charge is 0.348 e. The first-order chi connectivity index (χ1) is 7.75. The molecule has 0 aromatic carbocycles. The van der Waals surface area contributed by atoms with Crippen molar-refractivity contribution in [3.05, 3.63) is 34.3 Å². The molecule has 1 unspecified atom stereocenters. The van der Waals surface area contributed by atoms with E-state index in [1.807, 2.05) is 18.4 Å². The Balaban J connectivity index is 1.88. The van der Waals surface area contributed by atoms with E-state index in [1.165, 1.54) is 11.1 Å². The highest BCUT2D eigenvalue weighted by Gasteiger charge is 2.12. The summed E-state index contributed by atoms with van der Waals surface area (Å²) in [6, 6.07) is 4.15. The summed E-state index contributed by atoms with van der Waals surface area (Å²) in [6.07, 6.45) is 2.24. The van der Waals surface area contributed by atoms with E-state index >= 15 is 0 Å². The first-order valence-corrected chi connectivity index (χ1v) is 5.82. The topological polar surface area (TPSA) is 70.7 Å². The lowest BCUT2D eigenvalue weighted by molar-refractivity contribution is 0.0935. The molecule has 2 rings (SSSR count). The molecule has 0 fully saturated rings. The number of nitrogens with zero attached hydrogens (tertiary/aromatic N) is 2. The average Bonchev–Trinajstić information content (AvgIpc) is 2.88. The van der Waals surface area contributed by atoms with Crippen LogP contribution in [0, 0.1) is 0 Å². The number of aromatic nitrogens is 3. The lowest BCUT2D eigenvalue weighted by Crippen LogP contribution is -2.34. The Bertz CT molecular complexity index is 437. The molecule has 0 aliphatic carbocycles. The van der Waals surface area contributed by atoms with E-state index in [0.29, 0.717) is 5.69 Å². The predicted octanol–water partition coefficient (Wildman–Crippen LogP) is 1.23. The monoisotopic (exact) mass is 236 g/mol. The number of amides is 1. The molecular weight excluding hydrogens is 224 g/mol. The van der Waals surface area contributed by atoms with Gasteiger partial charge in [-0.15, -0.1) is 11.3 Å². The fourth-order valence-corrected chi connectivity index (χ4v) is 2.23. The van der Waals surface area contributed by atoms with Crippen LogP contribution < -0.4 is 5.32 Å². The van der Waals surface area contributed by atoms with Crippen LogP contribution in [0.5, 0.6) is 0 Å². The SMILES string of the molecule is CC(Cc1cccs1)NC(=O)c1cn[nH]n1. The quantitative estimate of drug-likeness (QED) is 0.838. The van der Waals surface area contributed by atoms with Crippen molar-refractivity contribution in [3.63, 3.8) is 0 Å². The Morgan fingerprint density at radius 1 is 1.69 bits per heavy atom. The first kappa shape index (κ1) is 10.8. The molecule has 2 N–H and O–H groups in total. The van der Waals surface area contributed by atoms with Crippen LogP contribution in [0.1, 0.15) is 22.3 Å². The number of carbonyl (C=O) groups is 1. The molecule has 2 aromatic rings. The molecule has 16 heavy (non-hydrogen) atoms. The van der Waals surface area contributed by atoms with Gasteiger partial charge in [0.25, 0.3) is 5.91 Å². The van der Waals surface area contributed by atoms with Gasteiger partial charge in [-0.1, -0.05) is 6.07 Å². The smallest absolute Gasteiger partial charge is 0.273 e. The Kier molecular flexibility index (Phi) is 3.31.